The second kappa shape index (κ2) is 4.56. The molecule has 3 heterocycles. The summed E-state index contributed by atoms with van der Waals surface area (Å²) in [5.74, 6) is 0. The van der Waals surface area contributed by atoms with E-state index in [0.717, 1.165) is 21.6 Å². The van der Waals surface area contributed by atoms with Crippen LogP contribution in [0.15, 0.2) is 6.07 Å². The highest BCUT2D eigenvalue weighted by Gasteiger charge is 2.20. The molecular formula is C14H18N4S2. The minimum atomic E-state index is 0.205. The van der Waals surface area contributed by atoms with E-state index < -0.39 is 0 Å². The lowest BCUT2D eigenvalue weighted by Gasteiger charge is -2.14. The average molecular weight is 306 g/mol. The van der Waals surface area contributed by atoms with E-state index in [4.69, 9.17) is 12.2 Å². The van der Waals surface area contributed by atoms with Crippen LogP contribution in [0.1, 0.15) is 34.0 Å². The molecular weight excluding hydrogens is 288 g/mol. The lowest BCUT2D eigenvalue weighted by Crippen LogP contribution is -2.10. The van der Waals surface area contributed by atoms with Gasteiger partial charge in [-0.15, -0.1) is 11.3 Å². The number of hydrogen-bond acceptors (Lipinski definition) is 3. The minimum Gasteiger partial charge on any atom is -0.328 e. The van der Waals surface area contributed by atoms with Gasteiger partial charge in [-0.1, -0.05) is 0 Å². The molecule has 0 amide bonds. The van der Waals surface area contributed by atoms with Crippen LogP contribution in [0.5, 0.6) is 0 Å². The van der Waals surface area contributed by atoms with E-state index in [1.54, 1.807) is 0 Å². The van der Waals surface area contributed by atoms with Crippen LogP contribution in [0.4, 0.5) is 0 Å². The molecule has 6 heteroatoms. The molecule has 0 aliphatic rings. The first-order chi connectivity index (χ1) is 9.40. The van der Waals surface area contributed by atoms with Crippen LogP contribution >= 0.6 is 23.6 Å². The third kappa shape index (κ3) is 1.86. The number of aryl methyl sites for hydroxylation is 4. The van der Waals surface area contributed by atoms with Gasteiger partial charge in [0, 0.05) is 16.8 Å². The maximum Gasteiger partial charge on any atom is 0.179 e. The van der Waals surface area contributed by atoms with Gasteiger partial charge in [-0.05, 0) is 51.5 Å². The fourth-order valence-electron chi connectivity index (χ4n) is 2.90. The fraction of sp³-hybridized carbons (Fsp3) is 0.429. The van der Waals surface area contributed by atoms with Gasteiger partial charge in [0.05, 0.1) is 11.7 Å². The van der Waals surface area contributed by atoms with Crippen molar-refractivity contribution >= 4 is 34.7 Å². The van der Waals surface area contributed by atoms with Gasteiger partial charge in [-0.3, -0.25) is 9.25 Å². The number of nitrogens with zero attached hydrogens (tertiary/aromatic N) is 3. The lowest BCUT2D eigenvalue weighted by molar-refractivity contribution is 0.619. The molecule has 106 valence electrons. The van der Waals surface area contributed by atoms with Crippen molar-refractivity contribution in [2.75, 3.05) is 0 Å². The van der Waals surface area contributed by atoms with E-state index >= 15 is 0 Å². The standard InChI is InChI=1S/C14H18N4S2/c1-7-6-11(10(4)20-7)9(3)18-13-12(15-14(18)19)8(2)16-17(13)5/h6,9H,1-5H3,(H,15,19). The van der Waals surface area contributed by atoms with Crippen LogP contribution in [0.2, 0.25) is 0 Å². The number of hydrogen-bond donors (Lipinski definition) is 1. The summed E-state index contributed by atoms with van der Waals surface area (Å²) in [5.41, 5.74) is 4.42. The Morgan fingerprint density at radius 3 is 2.65 bits per heavy atom. The van der Waals surface area contributed by atoms with Crippen LogP contribution in [0.3, 0.4) is 0 Å². The number of nitrogens with one attached hydrogen (secondary N) is 1. The first-order valence-corrected chi connectivity index (χ1v) is 7.83. The number of H-pyrrole nitrogens is 1. The zero-order chi connectivity index (χ0) is 14.6. The molecule has 1 N–H and O–H groups in total. The van der Waals surface area contributed by atoms with Crippen molar-refractivity contribution in [1.82, 2.24) is 19.3 Å². The van der Waals surface area contributed by atoms with Gasteiger partial charge >= 0.3 is 0 Å². The first-order valence-electron chi connectivity index (χ1n) is 6.61. The third-order valence-corrected chi connectivity index (χ3v) is 5.07. The first kappa shape index (κ1) is 13.6. The van der Waals surface area contributed by atoms with Crippen molar-refractivity contribution in [2.45, 2.75) is 33.7 Å². The van der Waals surface area contributed by atoms with Crippen molar-refractivity contribution in [3.8, 4) is 0 Å². The van der Waals surface area contributed by atoms with E-state index in [0.29, 0.717) is 0 Å². The van der Waals surface area contributed by atoms with Gasteiger partial charge in [0.2, 0.25) is 0 Å². The smallest absolute Gasteiger partial charge is 0.179 e. The number of rotatable bonds is 2. The lowest BCUT2D eigenvalue weighted by atomic mass is 10.1. The molecule has 4 nitrogen and oxygen atoms in total. The number of thiophene rings is 1. The van der Waals surface area contributed by atoms with Crippen LogP contribution in [0, 0.1) is 25.5 Å². The summed E-state index contributed by atoms with van der Waals surface area (Å²) in [6.45, 7) is 8.52. The molecule has 0 saturated heterocycles. The molecule has 20 heavy (non-hydrogen) atoms. The number of imidazole rings is 1. The Kier molecular flexibility index (Phi) is 3.10. The second-order valence-electron chi connectivity index (χ2n) is 5.25. The largest absolute Gasteiger partial charge is 0.328 e. The van der Waals surface area contributed by atoms with Crippen molar-refractivity contribution in [3.05, 3.63) is 31.8 Å². The molecule has 1 atom stereocenters. The topological polar surface area (TPSA) is 38.5 Å². The van der Waals surface area contributed by atoms with Crippen LogP contribution in [-0.2, 0) is 7.05 Å². The van der Waals surface area contributed by atoms with Crippen LogP contribution < -0.4 is 0 Å². The van der Waals surface area contributed by atoms with E-state index in [-0.39, 0.29) is 6.04 Å². The van der Waals surface area contributed by atoms with Gasteiger partial charge in [-0.2, -0.15) is 5.10 Å². The zero-order valence-electron chi connectivity index (χ0n) is 12.3. The van der Waals surface area contributed by atoms with Gasteiger partial charge < -0.3 is 4.98 Å². The summed E-state index contributed by atoms with van der Waals surface area (Å²) in [7, 11) is 1.97. The van der Waals surface area contributed by atoms with E-state index in [1.165, 1.54) is 15.3 Å². The van der Waals surface area contributed by atoms with E-state index in [1.807, 2.05) is 30.0 Å². The molecule has 0 bridgehead atoms. The summed E-state index contributed by atoms with van der Waals surface area (Å²) in [4.78, 5) is 5.98. The molecule has 3 aromatic heterocycles. The monoisotopic (exact) mass is 306 g/mol. The predicted octanol–water partition coefficient (Wildman–Crippen LogP) is 4.03. The molecule has 0 aliphatic heterocycles. The normalized spacial score (nSPS) is 13.2. The van der Waals surface area contributed by atoms with E-state index in [2.05, 4.69) is 41.5 Å². The summed E-state index contributed by atoms with van der Waals surface area (Å²) >= 11 is 7.36. The molecule has 0 aromatic carbocycles. The van der Waals surface area contributed by atoms with Crippen LogP contribution in [0.25, 0.3) is 11.2 Å². The predicted molar refractivity (Wildman–Crippen MR) is 86.2 cm³/mol. The highest BCUT2D eigenvalue weighted by Crippen LogP contribution is 2.31. The van der Waals surface area contributed by atoms with Crippen molar-refractivity contribution in [2.24, 2.45) is 7.05 Å². The molecule has 0 radical (unpaired) electrons. The fourth-order valence-corrected chi connectivity index (χ4v) is 4.26. The van der Waals surface area contributed by atoms with Crippen molar-refractivity contribution < 1.29 is 0 Å². The Hall–Kier alpha value is -1.40. The van der Waals surface area contributed by atoms with Gasteiger partial charge in [0.25, 0.3) is 0 Å². The Bertz CT molecular complexity index is 847. The molecule has 3 aromatic rings. The maximum absolute atomic E-state index is 5.52. The Morgan fingerprint density at radius 2 is 2.05 bits per heavy atom. The molecule has 0 spiro atoms. The maximum atomic E-state index is 5.52. The third-order valence-electron chi connectivity index (χ3n) is 3.79. The summed E-state index contributed by atoms with van der Waals surface area (Å²) in [6.07, 6.45) is 0. The molecule has 1 unspecified atom stereocenters. The SMILES string of the molecule is Cc1cc(C(C)n2c(=S)[nH]c3c(C)nn(C)c32)c(C)s1. The highest BCUT2D eigenvalue weighted by atomic mass is 32.1. The van der Waals surface area contributed by atoms with Crippen LogP contribution in [-0.4, -0.2) is 19.3 Å². The Morgan fingerprint density at radius 1 is 1.35 bits per heavy atom. The van der Waals surface area contributed by atoms with Crippen molar-refractivity contribution in [1.29, 1.82) is 0 Å². The molecule has 0 aliphatic carbocycles. The Balaban J connectivity index is 2.26. The minimum absolute atomic E-state index is 0.205. The molecule has 0 saturated carbocycles. The molecule has 3 rings (SSSR count). The zero-order valence-corrected chi connectivity index (χ0v) is 13.9. The second-order valence-corrected chi connectivity index (χ2v) is 7.10. The average Bonchev–Trinajstić information content (AvgIpc) is 2.95. The number of fused-ring (bicyclic) bond motifs is 1. The van der Waals surface area contributed by atoms with Gasteiger partial charge in [0.1, 0.15) is 5.52 Å². The quantitative estimate of drug-likeness (QED) is 0.726. The number of aromatic amines is 1. The highest BCUT2D eigenvalue weighted by molar-refractivity contribution is 7.71. The van der Waals surface area contributed by atoms with Gasteiger partial charge in [-0.25, -0.2) is 0 Å². The van der Waals surface area contributed by atoms with Gasteiger partial charge in [0.15, 0.2) is 10.4 Å². The summed E-state index contributed by atoms with van der Waals surface area (Å²) < 4.78 is 4.83. The number of aromatic nitrogens is 4. The summed E-state index contributed by atoms with van der Waals surface area (Å²) in [5, 5.41) is 4.48. The summed E-state index contributed by atoms with van der Waals surface area (Å²) in [6, 6.07) is 2.46. The Labute approximate surface area is 127 Å². The molecule has 0 fully saturated rings. The van der Waals surface area contributed by atoms with E-state index in [9.17, 15) is 0 Å². The van der Waals surface area contributed by atoms with Crippen molar-refractivity contribution in [3.63, 3.8) is 0 Å².